The molecule has 2 aliphatic rings. The Morgan fingerprint density at radius 1 is 1.31 bits per heavy atom. The average Bonchev–Trinajstić information content (AvgIpc) is 3.32. The van der Waals surface area contributed by atoms with E-state index in [2.05, 4.69) is 33.8 Å². The van der Waals surface area contributed by atoms with Gasteiger partial charge in [-0.05, 0) is 37.3 Å². The fourth-order valence-corrected chi connectivity index (χ4v) is 4.78. The summed E-state index contributed by atoms with van der Waals surface area (Å²) in [5.74, 6) is 4.17. The molecular formula is C25H25F2N7O2. The number of hydrogen-bond donors (Lipinski definition) is 2. The summed E-state index contributed by atoms with van der Waals surface area (Å²) in [6, 6.07) is 2.28. The molecule has 9 nitrogen and oxygen atoms in total. The Morgan fingerprint density at radius 2 is 2.08 bits per heavy atom. The van der Waals surface area contributed by atoms with Crippen molar-refractivity contribution in [3.63, 3.8) is 0 Å². The summed E-state index contributed by atoms with van der Waals surface area (Å²) in [7, 11) is 1.59. The molecule has 36 heavy (non-hydrogen) atoms. The molecule has 5 rings (SSSR count). The highest BCUT2D eigenvalue weighted by atomic mass is 19.1. The van der Waals surface area contributed by atoms with Gasteiger partial charge in [0.05, 0.1) is 35.0 Å². The Bertz CT molecular complexity index is 1440. The second kappa shape index (κ2) is 9.11. The first-order chi connectivity index (χ1) is 17.4. The standard InChI is InChI=1S/C25H25F2N7O2/c1-3-22(35)32-12-17(9-16(32)11-26)34-25(29-2)23(24(28)36)19(31-34)7-4-14-8-20-21(10-18(14)27)33(13-30-20)15-5-6-15/h3,8,10,13,15-17,29H,1,5-6,9,11-12H2,2H3,(H2,28,36)/t16-,17+/m1/s1. The summed E-state index contributed by atoms with van der Waals surface area (Å²) in [6.45, 7) is 2.93. The minimum Gasteiger partial charge on any atom is -0.373 e. The van der Waals surface area contributed by atoms with Crippen molar-refractivity contribution in [1.82, 2.24) is 24.2 Å². The molecule has 11 heteroatoms. The van der Waals surface area contributed by atoms with Gasteiger partial charge in [0, 0.05) is 25.7 Å². The minimum absolute atomic E-state index is 0.0368. The maximum Gasteiger partial charge on any atom is 0.255 e. The molecule has 0 spiro atoms. The van der Waals surface area contributed by atoms with Crippen LogP contribution in [0.1, 0.15) is 53.0 Å². The Kier molecular flexibility index (Phi) is 5.96. The topological polar surface area (TPSA) is 111 Å². The van der Waals surface area contributed by atoms with E-state index in [4.69, 9.17) is 5.73 Å². The van der Waals surface area contributed by atoms with Gasteiger partial charge in [-0.25, -0.2) is 18.4 Å². The zero-order valence-corrected chi connectivity index (χ0v) is 19.7. The second-order valence-electron chi connectivity index (χ2n) is 8.98. The zero-order valence-electron chi connectivity index (χ0n) is 19.7. The number of likely N-dealkylation sites (tertiary alicyclic amines) is 1. The lowest BCUT2D eigenvalue weighted by atomic mass is 10.1. The number of anilines is 1. The number of rotatable bonds is 6. The van der Waals surface area contributed by atoms with E-state index in [0.717, 1.165) is 18.9 Å². The number of imidazole rings is 1. The van der Waals surface area contributed by atoms with E-state index in [1.54, 1.807) is 19.4 Å². The van der Waals surface area contributed by atoms with Crippen molar-refractivity contribution in [3.05, 3.63) is 53.8 Å². The molecule has 1 saturated carbocycles. The number of halogens is 2. The number of fused-ring (bicyclic) bond motifs is 1. The normalized spacial score (nSPS) is 19.2. The van der Waals surface area contributed by atoms with E-state index in [1.807, 2.05) is 4.57 Å². The summed E-state index contributed by atoms with van der Waals surface area (Å²) in [6.07, 6.45) is 5.23. The number of benzene rings is 1. The largest absolute Gasteiger partial charge is 0.373 e. The van der Waals surface area contributed by atoms with Crippen molar-refractivity contribution in [2.24, 2.45) is 5.73 Å². The van der Waals surface area contributed by atoms with Crippen LogP contribution in [0.15, 0.2) is 31.1 Å². The highest BCUT2D eigenvalue weighted by molar-refractivity contribution is 6.00. The third-order valence-electron chi connectivity index (χ3n) is 6.69. The van der Waals surface area contributed by atoms with Crippen molar-refractivity contribution in [2.75, 3.05) is 25.6 Å². The fourth-order valence-electron chi connectivity index (χ4n) is 4.78. The van der Waals surface area contributed by atoms with Crippen molar-refractivity contribution < 1.29 is 18.4 Å². The highest BCUT2D eigenvalue weighted by Gasteiger charge is 2.38. The van der Waals surface area contributed by atoms with E-state index in [-0.39, 0.29) is 35.7 Å². The van der Waals surface area contributed by atoms with Crippen molar-refractivity contribution in [2.45, 2.75) is 37.4 Å². The smallest absolute Gasteiger partial charge is 0.255 e. The molecule has 0 unspecified atom stereocenters. The van der Waals surface area contributed by atoms with E-state index < -0.39 is 30.5 Å². The summed E-state index contributed by atoms with van der Waals surface area (Å²) >= 11 is 0. The Labute approximate surface area is 205 Å². The van der Waals surface area contributed by atoms with E-state index in [1.165, 1.54) is 15.6 Å². The number of amides is 2. The lowest BCUT2D eigenvalue weighted by Crippen LogP contribution is -2.35. The summed E-state index contributed by atoms with van der Waals surface area (Å²) in [4.78, 5) is 30.3. The van der Waals surface area contributed by atoms with Crippen LogP contribution in [-0.2, 0) is 4.79 Å². The quantitative estimate of drug-likeness (QED) is 0.405. The first kappa shape index (κ1) is 23.5. The Hall–Kier alpha value is -4.20. The molecule has 2 atom stereocenters. The molecule has 1 aromatic carbocycles. The molecule has 1 saturated heterocycles. The monoisotopic (exact) mass is 493 g/mol. The third-order valence-corrected chi connectivity index (χ3v) is 6.69. The molecule has 3 heterocycles. The van der Waals surface area contributed by atoms with E-state index >= 15 is 0 Å². The lowest BCUT2D eigenvalue weighted by Gasteiger charge is -2.20. The molecule has 2 amide bonds. The fraction of sp³-hybridized carbons (Fsp3) is 0.360. The number of aromatic nitrogens is 4. The van der Waals surface area contributed by atoms with Crippen LogP contribution in [0.5, 0.6) is 0 Å². The molecule has 2 fully saturated rings. The molecule has 3 aromatic rings. The van der Waals surface area contributed by atoms with Crippen LogP contribution >= 0.6 is 0 Å². The number of nitrogens with one attached hydrogen (secondary N) is 1. The highest BCUT2D eigenvalue weighted by Crippen LogP contribution is 2.37. The van der Waals surface area contributed by atoms with Gasteiger partial charge in [0.15, 0.2) is 5.69 Å². The van der Waals surface area contributed by atoms with E-state index in [9.17, 15) is 18.4 Å². The zero-order chi connectivity index (χ0) is 25.6. The van der Waals surface area contributed by atoms with Gasteiger partial charge in [-0.3, -0.25) is 9.59 Å². The molecule has 3 N–H and O–H groups in total. The maximum atomic E-state index is 14.9. The Balaban J connectivity index is 1.52. The van der Waals surface area contributed by atoms with Crippen molar-refractivity contribution in [3.8, 4) is 11.8 Å². The number of hydrogen-bond acceptors (Lipinski definition) is 5. The molecule has 0 radical (unpaired) electrons. The number of alkyl halides is 1. The van der Waals surface area contributed by atoms with Gasteiger partial charge < -0.3 is 20.5 Å². The van der Waals surface area contributed by atoms with Crippen molar-refractivity contribution >= 4 is 28.7 Å². The molecule has 2 aromatic heterocycles. The van der Waals surface area contributed by atoms with Gasteiger partial charge in [0.25, 0.3) is 5.91 Å². The predicted octanol–water partition coefficient (Wildman–Crippen LogP) is 2.54. The van der Waals surface area contributed by atoms with Crippen LogP contribution in [0.25, 0.3) is 11.0 Å². The number of nitrogens with two attached hydrogens (primary N) is 1. The average molecular weight is 494 g/mol. The summed E-state index contributed by atoms with van der Waals surface area (Å²) in [5.41, 5.74) is 7.18. The van der Waals surface area contributed by atoms with Crippen LogP contribution < -0.4 is 11.1 Å². The number of carbonyl (C=O) groups excluding carboxylic acids is 2. The summed E-state index contributed by atoms with van der Waals surface area (Å²) in [5, 5.41) is 7.38. The molecule has 0 bridgehead atoms. The van der Waals surface area contributed by atoms with Gasteiger partial charge in [-0.15, -0.1) is 0 Å². The molecular weight excluding hydrogens is 468 g/mol. The first-order valence-electron chi connectivity index (χ1n) is 11.6. The van der Waals surface area contributed by atoms with Gasteiger partial charge in [0.1, 0.15) is 23.9 Å². The van der Waals surface area contributed by atoms with Crippen LogP contribution in [0.3, 0.4) is 0 Å². The third kappa shape index (κ3) is 3.98. The van der Waals surface area contributed by atoms with Crippen LogP contribution in [0, 0.1) is 17.7 Å². The van der Waals surface area contributed by atoms with Crippen molar-refractivity contribution in [1.29, 1.82) is 0 Å². The van der Waals surface area contributed by atoms with Gasteiger partial charge in [-0.1, -0.05) is 12.5 Å². The predicted molar refractivity (Wildman–Crippen MR) is 130 cm³/mol. The van der Waals surface area contributed by atoms with Crippen LogP contribution in [0.4, 0.5) is 14.6 Å². The molecule has 186 valence electrons. The SMILES string of the molecule is C=CC(=O)N1C[C@@H](n2nc(C#Cc3cc4ncn(C5CC5)c4cc3F)c(C(N)=O)c2NC)C[C@@H]1CF. The maximum absolute atomic E-state index is 14.9. The van der Waals surface area contributed by atoms with Crippen LogP contribution in [0.2, 0.25) is 0 Å². The molecule has 1 aliphatic heterocycles. The van der Waals surface area contributed by atoms with E-state index in [0.29, 0.717) is 22.9 Å². The molecule has 1 aliphatic carbocycles. The first-order valence-corrected chi connectivity index (χ1v) is 11.6. The van der Waals surface area contributed by atoms with Gasteiger partial charge in [0.2, 0.25) is 5.91 Å². The second-order valence-corrected chi connectivity index (χ2v) is 8.98. The lowest BCUT2D eigenvalue weighted by molar-refractivity contribution is -0.127. The number of primary amides is 1. The Morgan fingerprint density at radius 3 is 2.72 bits per heavy atom. The van der Waals surface area contributed by atoms with Gasteiger partial charge >= 0.3 is 0 Å². The minimum atomic E-state index is -0.770. The van der Waals surface area contributed by atoms with Crippen LogP contribution in [-0.4, -0.2) is 62.4 Å². The number of nitrogens with zero attached hydrogens (tertiary/aromatic N) is 5. The summed E-state index contributed by atoms with van der Waals surface area (Å²) < 4.78 is 32.0. The van der Waals surface area contributed by atoms with Gasteiger partial charge in [-0.2, -0.15) is 5.10 Å². The number of carbonyl (C=O) groups is 2.